The largest absolute Gasteiger partial charge is 0.339 e. The van der Waals surface area contributed by atoms with Gasteiger partial charge in [-0.1, -0.05) is 32.0 Å². The number of aliphatic imine (C=N–C) groups is 1. The summed E-state index contributed by atoms with van der Waals surface area (Å²) < 4.78 is 0. The summed E-state index contributed by atoms with van der Waals surface area (Å²) in [6.45, 7) is 8.55. The molecule has 1 aliphatic rings. The first kappa shape index (κ1) is 16.2. The SMILES string of the molecule is C=CN=C(Cl)CCCC(C)C(=O)N(CCC)C1CC1. The fraction of sp³-hybridized carbons (Fsp3) is 0.733. The molecule has 3 nitrogen and oxygen atoms in total. The Bertz CT molecular complexity index is 337. The van der Waals surface area contributed by atoms with E-state index in [4.69, 9.17) is 11.6 Å². The van der Waals surface area contributed by atoms with Gasteiger partial charge in [0.15, 0.2) is 0 Å². The van der Waals surface area contributed by atoms with Crippen LogP contribution >= 0.6 is 11.6 Å². The fourth-order valence-electron chi connectivity index (χ4n) is 2.22. The number of carbonyl (C=O) groups is 1. The number of carbonyl (C=O) groups excluding carboxylic acids is 1. The Hall–Kier alpha value is -0.830. The normalized spacial score (nSPS) is 17.1. The van der Waals surface area contributed by atoms with E-state index >= 15 is 0 Å². The van der Waals surface area contributed by atoms with Crippen molar-refractivity contribution in [2.45, 2.75) is 58.4 Å². The molecule has 1 aliphatic carbocycles. The maximum absolute atomic E-state index is 12.4. The molecule has 0 aliphatic heterocycles. The van der Waals surface area contributed by atoms with Crippen molar-refractivity contribution < 1.29 is 4.79 Å². The lowest BCUT2D eigenvalue weighted by Gasteiger charge is -2.25. The zero-order valence-corrected chi connectivity index (χ0v) is 12.8. The second-order valence-electron chi connectivity index (χ2n) is 5.24. The van der Waals surface area contributed by atoms with Gasteiger partial charge in [-0.15, -0.1) is 0 Å². The smallest absolute Gasteiger partial charge is 0.225 e. The van der Waals surface area contributed by atoms with Crippen LogP contribution < -0.4 is 0 Å². The van der Waals surface area contributed by atoms with E-state index in [9.17, 15) is 4.79 Å². The zero-order valence-electron chi connectivity index (χ0n) is 12.1. The molecule has 1 unspecified atom stereocenters. The number of rotatable bonds is 9. The highest BCUT2D eigenvalue weighted by Gasteiger charge is 2.33. The summed E-state index contributed by atoms with van der Waals surface area (Å²) in [5.74, 6) is 0.390. The van der Waals surface area contributed by atoms with E-state index in [1.54, 1.807) is 0 Å². The summed E-state index contributed by atoms with van der Waals surface area (Å²) in [5, 5.41) is 0.572. The maximum atomic E-state index is 12.4. The number of amides is 1. The van der Waals surface area contributed by atoms with Crippen molar-refractivity contribution in [3.63, 3.8) is 0 Å². The Kier molecular flexibility index (Phi) is 7.14. The van der Waals surface area contributed by atoms with Gasteiger partial charge in [-0.2, -0.15) is 0 Å². The first-order valence-corrected chi connectivity index (χ1v) is 7.61. The molecule has 0 radical (unpaired) electrons. The van der Waals surface area contributed by atoms with Crippen LogP contribution in [0.2, 0.25) is 0 Å². The predicted molar refractivity (Wildman–Crippen MR) is 81.5 cm³/mol. The molecule has 1 rings (SSSR count). The third-order valence-corrected chi connectivity index (χ3v) is 3.69. The van der Waals surface area contributed by atoms with Crippen molar-refractivity contribution in [1.82, 2.24) is 4.90 Å². The lowest BCUT2D eigenvalue weighted by Crippen LogP contribution is -2.37. The van der Waals surface area contributed by atoms with Crippen molar-refractivity contribution in [2.24, 2.45) is 10.9 Å². The highest BCUT2D eigenvalue weighted by atomic mass is 35.5. The highest BCUT2D eigenvalue weighted by Crippen LogP contribution is 2.29. The molecule has 1 atom stereocenters. The van der Waals surface area contributed by atoms with E-state index in [0.717, 1.165) is 32.2 Å². The van der Waals surface area contributed by atoms with Crippen molar-refractivity contribution in [1.29, 1.82) is 0 Å². The molecule has 0 aromatic carbocycles. The van der Waals surface area contributed by atoms with Crippen LogP contribution in [0, 0.1) is 5.92 Å². The van der Waals surface area contributed by atoms with Crippen molar-refractivity contribution in [3.05, 3.63) is 12.8 Å². The molecule has 108 valence electrons. The quantitative estimate of drug-likeness (QED) is 0.590. The molecule has 4 heteroatoms. The number of nitrogens with zero attached hydrogens (tertiary/aromatic N) is 2. The van der Waals surface area contributed by atoms with Gasteiger partial charge < -0.3 is 4.90 Å². The van der Waals surface area contributed by atoms with Gasteiger partial charge in [0.1, 0.15) is 5.17 Å². The second-order valence-corrected chi connectivity index (χ2v) is 5.68. The zero-order chi connectivity index (χ0) is 14.3. The van der Waals surface area contributed by atoms with Crippen LogP contribution in [0.1, 0.15) is 52.4 Å². The minimum Gasteiger partial charge on any atom is -0.339 e. The van der Waals surface area contributed by atoms with Gasteiger partial charge in [-0.3, -0.25) is 4.79 Å². The molecule has 19 heavy (non-hydrogen) atoms. The Morgan fingerprint density at radius 2 is 2.26 bits per heavy atom. The summed E-state index contributed by atoms with van der Waals surface area (Å²) in [6, 6.07) is 0.515. The molecular weight excluding hydrogens is 260 g/mol. The molecule has 0 bridgehead atoms. The van der Waals surface area contributed by atoms with Crippen molar-refractivity contribution in [2.75, 3.05) is 6.54 Å². The predicted octanol–water partition coefficient (Wildman–Crippen LogP) is 3.97. The first-order valence-electron chi connectivity index (χ1n) is 7.23. The Morgan fingerprint density at radius 3 is 2.79 bits per heavy atom. The van der Waals surface area contributed by atoms with Gasteiger partial charge in [0.05, 0.1) is 0 Å². The third kappa shape index (κ3) is 5.77. The Morgan fingerprint density at radius 1 is 1.58 bits per heavy atom. The minimum absolute atomic E-state index is 0.0837. The monoisotopic (exact) mass is 284 g/mol. The molecule has 1 saturated carbocycles. The van der Waals surface area contributed by atoms with Crippen molar-refractivity contribution >= 4 is 22.7 Å². The van der Waals surface area contributed by atoms with E-state index in [1.807, 2.05) is 6.92 Å². The van der Waals surface area contributed by atoms with E-state index in [-0.39, 0.29) is 5.92 Å². The summed E-state index contributed by atoms with van der Waals surface area (Å²) >= 11 is 5.90. The van der Waals surface area contributed by atoms with Gasteiger partial charge in [0.25, 0.3) is 0 Å². The highest BCUT2D eigenvalue weighted by molar-refractivity contribution is 6.65. The van der Waals surface area contributed by atoms with Crippen molar-refractivity contribution in [3.8, 4) is 0 Å². The molecule has 0 aromatic rings. The maximum Gasteiger partial charge on any atom is 0.225 e. The third-order valence-electron chi connectivity index (χ3n) is 3.41. The van der Waals surface area contributed by atoms with Crippen LogP contribution in [0.4, 0.5) is 0 Å². The summed E-state index contributed by atoms with van der Waals surface area (Å²) in [7, 11) is 0. The topological polar surface area (TPSA) is 32.7 Å². The fourth-order valence-corrected chi connectivity index (χ4v) is 2.43. The molecule has 0 N–H and O–H groups in total. The lowest BCUT2D eigenvalue weighted by atomic mass is 10.0. The van der Waals surface area contributed by atoms with Crippen LogP contribution in [0.25, 0.3) is 0 Å². The van der Waals surface area contributed by atoms with Gasteiger partial charge in [0.2, 0.25) is 5.91 Å². The first-order chi connectivity index (χ1) is 9.10. The molecule has 0 heterocycles. The van der Waals surface area contributed by atoms with Gasteiger partial charge >= 0.3 is 0 Å². The standard InChI is InChI=1S/C15H25ClN2O/c1-4-11-18(13-9-10-13)15(19)12(3)7-6-8-14(16)17-5-2/h5,12-13H,2,4,6-11H2,1,3H3. The Labute approximate surface area is 121 Å². The Balaban J connectivity index is 2.34. The number of hydrogen-bond acceptors (Lipinski definition) is 2. The molecule has 0 saturated heterocycles. The number of halogens is 1. The van der Waals surface area contributed by atoms with E-state index < -0.39 is 0 Å². The van der Waals surface area contributed by atoms with E-state index in [1.165, 1.54) is 19.0 Å². The van der Waals surface area contributed by atoms with Gasteiger partial charge in [-0.05, 0) is 32.1 Å². The lowest BCUT2D eigenvalue weighted by molar-refractivity contribution is -0.135. The van der Waals surface area contributed by atoms with E-state index in [2.05, 4.69) is 23.4 Å². The minimum atomic E-state index is 0.0837. The summed E-state index contributed by atoms with van der Waals surface area (Å²) in [4.78, 5) is 18.4. The molecular formula is C15H25ClN2O. The summed E-state index contributed by atoms with van der Waals surface area (Å²) in [5.41, 5.74) is 0. The second kappa shape index (κ2) is 8.36. The van der Waals surface area contributed by atoms with Crippen LogP contribution in [0.15, 0.2) is 17.8 Å². The van der Waals surface area contributed by atoms with Crippen LogP contribution in [-0.2, 0) is 4.79 Å². The molecule has 0 spiro atoms. The van der Waals surface area contributed by atoms with Gasteiger partial charge in [-0.25, -0.2) is 4.99 Å². The van der Waals surface area contributed by atoms with Crippen LogP contribution in [0.5, 0.6) is 0 Å². The average Bonchev–Trinajstić information content (AvgIpc) is 3.19. The molecule has 1 fully saturated rings. The van der Waals surface area contributed by atoms with Crippen LogP contribution in [0.3, 0.4) is 0 Å². The summed E-state index contributed by atoms with van der Waals surface area (Å²) in [6.07, 6.45) is 7.33. The number of hydrogen-bond donors (Lipinski definition) is 0. The molecule has 1 amide bonds. The van der Waals surface area contributed by atoms with E-state index in [0.29, 0.717) is 17.1 Å². The van der Waals surface area contributed by atoms with Crippen LogP contribution in [-0.4, -0.2) is 28.6 Å². The molecule has 0 aromatic heterocycles. The van der Waals surface area contributed by atoms with Gasteiger partial charge in [0, 0.05) is 31.1 Å². The average molecular weight is 285 g/mol.